The van der Waals surface area contributed by atoms with Crippen LogP contribution in [0.15, 0.2) is 0 Å². The molecule has 1 N–H and O–H groups in total. The minimum absolute atomic E-state index is 0.178. The highest BCUT2D eigenvalue weighted by molar-refractivity contribution is 8.07. The molecule has 1 aliphatic rings. The van der Waals surface area contributed by atoms with Crippen molar-refractivity contribution in [1.82, 2.24) is 0 Å². The van der Waals surface area contributed by atoms with Crippen LogP contribution >= 0.6 is 24.4 Å². The van der Waals surface area contributed by atoms with Gasteiger partial charge in [0.25, 0.3) is 0 Å². The van der Waals surface area contributed by atoms with E-state index in [1.807, 2.05) is 0 Å². The lowest BCUT2D eigenvalue weighted by Crippen LogP contribution is -2.14. The van der Waals surface area contributed by atoms with E-state index in [2.05, 4.69) is 31.3 Å². The monoisotopic (exact) mass is 374 g/mol. The molecule has 3 unspecified atom stereocenters. The van der Waals surface area contributed by atoms with Gasteiger partial charge < -0.3 is 5.11 Å². The van der Waals surface area contributed by atoms with E-state index in [9.17, 15) is 4.79 Å². The molecular formula is C20H38O2S2. The number of carboxylic acid groups (broad SMARTS) is 1. The SMILES string of the molecule is CCCCCCCCC1SC1CCCCCCC(CCS)C(=O)O. The quantitative estimate of drug-likeness (QED) is 0.171. The molecule has 1 heterocycles. The van der Waals surface area contributed by atoms with Crippen LogP contribution in [0.4, 0.5) is 0 Å². The first-order valence-corrected chi connectivity index (χ1v) is 11.8. The number of thioether (sulfide) groups is 1. The molecule has 142 valence electrons. The van der Waals surface area contributed by atoms with Gasteiger partial charge in [0.05, 0.1) is 5.92 Å². The number of carboxylic acids is 1. The topological polar surface area (TPSA) is 37.3 Å². The molecule has 0 saturated carbocycles. The normalized spacial score (nSPS) is 20.9. The minimum Gasteiger partial charge on any atom is -0.481 e. The van der Waals surface area contributed by atoms with Gasteiger partial charge in [0.2, 0.25) is 0 Å². The fourth-order valence-corrected chi connectivity index (χ4v) is 5.00. The fraction of sp³-hybridized carbons (Fsp3) is 0.950. The van der Waals surface area contributed by atoms with Crippen LogP contribution in [0.2, 0.25) is 0 Å². The number of thiol groups is 1. The van der Waals surface area contributed by atoms with E-state index in [0.717, 1.165) is 23.3 Å². The predicted octanol–water partition coefficient (Wildman–Crippen LogP) is 6.58. The third kappa shape index (κ3) is 10.9. The molecule has 1 fully saturated rings. The molecule has 0 aromatic carbocycles. The average Bonchev–Trinajstić information content (AvgIpc) is 3.31. The van der Waals surface area contributed by atoms with Crippen molar-refractivity contribution in [3.8, 4) is 0 Å². The van der Waals surface area contributed by atoms with E-state index < -0.39 is 5.97 Å². The average molecular weight is 375 g/mol. The molecule has 0 aromatic heterocycles. The maximum atomic E-state index is 11.1. The van der Waals surface area contributed by atoms with E-state index in [4.69, 9.17) is 5.11 Å². The molecule has 0 spiro atoms. The zero-order valence-corrected chi connectivity index (χ0v) is 17.3. The summed E-state index contributed by atoms with van der Waals surface area (Å²) in [5, 5.41) is 11.0. The van der Waals surface area contributed by atoms with Crippen molar-refractivity contribution in [2.24, 2.45) is 5.92 Å². The highest BCUT2D eigenvalue weighted by Crippen LogP contribution is 2.47. The van der Waals surface area contributed by atoms with Gasteiger partial charge in [-0.1, -0.05) is 71.1 Å². The van der Waals surface area contributed by atoms with Crippen molar-refractivity contribution in [3.63, 3.8) is 0 Å². The molecule has 3 atom stereocenters. The highest BCUT2D eigenvalue weighted by atomic mass is 32.2. The van der Waals surface area contributed by atoms with Crippen molar-refractivity contribution < 1.29 is 9.90 Å². The molecule has 24 heavy (non-hydrogen) atoms. The van der Waals surface area contributed by atoms with Crippen LogP contribution in [0.3, 0.4) is 0 Å². The Bertz CT molecular complexity index is 323. The van der Waals surface area contributed by atoms with Crippen LogP contribution in [-0.4, -0.2) is 27.3 Å². The molecule has 0 amide bonds. The molecule has 1 rings (SSSR count). The predicted molar refractivity (Wildman–Crippen MR) is 110 cm³/mol. The van der Waals surface area contributed by atoms with Gasteiger partial charge in [-0.3, -0.25) is 4.79 Å². The third-order valence-corrected chi connectivity index (χ3v) is 6.92. The Balaban J connectivity index is 1.86. The van der Waals surface area contributed by atoms with Gasteiger partial charge >= 0.3 is 5.97 Å². The first-order valence-electron chi connectivity index (χ1n) is 10.2. The molecule has 0 aromatic rings. The fourth-order valence-electron chi connectivity index (χ4n) is 3.45. The molecule has 0 radical (unpaired) electrons. The summed E-state index contributed by atoms with van der Waals surface area (Å²) in [7, 11) is 0. The van der Waals surface area contributed by atoms with Gasteiger partial charge in [-0.25, -0.2) is 0 Å². The lowest BCUT2D eigenvalue weighted by molar-refractivity contribution is -0.142. The smallest absolute Gasteiger partial charge is 0.306 e. The molecular weight excluding hydrogens is 336 g/mol. The van der Waals surface area contributed by atoms with Gasteiger partial charge in [0.1, 0.15) is 0 Å². The summed E-state index contributed by atoms with van der Waals surface area (Å²) < 4.78 is 0. The van der Waals surface area contributed by atoms with Crippen molar-refractivity contribution in [2.75, 3.05) is 5.75 Å². The van der Waals surface area contributed by atoms with Crippen LogP contribution in [0.5, 0.6) is 0 Å². The highest BCUT2D eigenvalue weighted by Gasteiger charge is 2.36. The van der Waals surface area contributed by atoms with Crippen LogP contribution < -0.4 is 0 Å². The van der Waals surface area contributed by atoms with E-state index >= 15 is 0 Å². The standard InChI is InChI=1S/C20H38O2S2/c1-2-3-4-5-6-10-13-18-19(24-18)14-11-8-7-9-12-17(15-16-23)20(21)22/h17-19,23H,2-16H2,1H3,(H,21,22). The molecule has 4 heteroatoms. The largest absolute Gasteiger partial charge is 0.481 e. The first kappa shape index (κ1) is 22.2. The van der Waals surface area contributed by atoms with E-state index in [0.29, 0.717) is 12.2 Å². The van der Waals surface area contributed by atoms with Crippen molar-refractivity contribution in [1.29, 1.82) is 0 Å². The second kappa shape index (κ2) is 14.4. The Labute approximate surface area is 159 Å². The summed E-state index contributed by atoms with van der Waals surface area (Å²) in [6.45, 7) is 2.28. The molecule has 0 bridgehead atoms. The first-order chi connectivity index (χ1) is 11.7. The third-order valence-electron chi connectivity index (χ3n) is 5.15. The van der Waals surface area contributed by atoms with Crippen LogP contribution in [0, 0.1) is 5.92 Å². The van der Waals surface area contributed by atoms with Crippen LogP contribution in [-0.2, 0) is 4.79 Å². The van der Waals surface area contributed by atoms with Gasteiger partial charge in [0.15, 0.2) is 0 Å². The van der Waals surface area contributed by atoms with Crippen molar-refractivity contribution >= 4 is 30.4 Å². The zero-order valence-electron chi connectivity index (χ0n) is 15.5. The second-order valence-electron chi connectivity index (χ2n) is 7.31. The lowest BCUT2D eigenvalue weighted by atomic mass is 9.98. The molecule has 0 aliphatic carbocycles. The Morgan fingerprint density at radius 2 is 1.46 bits per heavy atom. The summed E-state index contributed by atoms with van der Waals surface area (Å²) in [5.41, 5.74) is 0. The van der Waals surface area contributed by atoms with Gasteiger partial charge in [-0.15, -0.1) is 0 Å². The minimum atomic E-state index is -0.643. The second-order valence-corrected chi connectivity index (χ2v) is 9.24. The number of aliphatic carboxylic acids is 1. The molecule has 2 nitrogen and oxygen atoms in total. The maximum absolute atomic E-state index is 11.1. The van der Waals surface area contributed by atoms with E-state index in [1.165, 1.54) is 70.6 Å². The van der Waals surface area contributed by atoms with Crippen LogP contribution in [0.25, 0.3) is 0 Å². The Kier molecular flexibility index (Phi) is 13.3. The Hall–Kier alpha value is 0.170. The zero-order chi connectivity index (χ0) is 17.6. The van der Waals surface area contributed by atoms with E-state index in [1.54, 1.807) is 0 Å². The van der Waals surface area contributed by atoms with Gasteiger partial charge in [-0.2, -0.15) is 24.4 Å². The summed E-state index contributed by atoms with van der Waals surface area (Å²) in [6.07, 6.45) is 17.7. The Morgan fingerprint density at radius 3 is 2.00 bits per heavy atom. The number of unbranched alkanes of at least 4 members (excludes halogenated alkanes) is 8. The number of carbonyl (C=O) groups is 1. The van der Waals surface area contributed by atoms with Crippen molar-refractivity contribution in [3.05, 3.63) is 0 Å². The number of hydrogen-bond donors (Lipinski definition) is 2. The van der Waals surface area contributed by atoms with Crippen molar-refractivity contribution in [2.45, 2.75) is 107 Å². The van der Waals surface area contributed by atoms with E-state index in [-0.39, 0.29) is 5.92 Å². The summed E-state index contributed by atoms with van der Waals surface area (Å²) in [4.78, 5) is 11.1. The Morgan fingerprint density at radius 1 is 0.917 bits per heavy atom. The summed E-state index contributed by atoms with van der Waals surface area (Å²) >= 11 is 6.35. The number of rotatable bonds is 17. The molecule has 1 saturated heterocycles. The van der Waals surface area contributed by atoms with Crippen LogP contribution in [0.1, 0.15) is 96.8 Å². The summed E-state index contributed by atoms with van der Waals surface area (Å²) in [6, 6.07) is 0. The number of hydrogen-bond acceptors (Lipinski definition) is 3. The van der Waals surface area contributed by atoms with Gasteiger partial charge in [-0.05, 0) is 31.4 Å². The summed E-state index contributed by atoms with van der Waals surface area (Å²) in [5.74, 6) is -0.144. The maximum Gasteiger partial charge on any atom is 0.306 e. The van der Waals surface area contributed by atoms with Gasteiger partial charge in [0, 0.05) is 10.5 Å². The molecule has 1 aliphatic heterocycles. The lowest BCUT2D eigenvalue weighted by Gasteiger charge is -2.10.